The molecule has 4 heterocycles. The lowest BCUT2D eigenvalue weighted by atomic mass is 10.0. The Kier molecular flexibility index (Phi) is 4.29. The molecule has 1 amide bonds. The van der Waals surface area contributed by atoms with Gasteiger partial charge in [0.2, 0.25) is 0 Å². The van der Waals surface area contributed by atoms with Gasteiger partial charge in [0.25, 0.3) is 5.91 Å². The zero-order valence-corrected chi connectivity index (χ0v) is 16.0. The molecule has 0 saturated carbocycles. The normalized spacial score (nSPS) is 15.1. The second kappa shape index (κ2) is 6.64. The molecule has 9 nitrogen and oxygen atoms in total. The van der Waals surface area contributed by atoms with E-state index in [9.17, 15) is 4.79 Å². The molecule has 0 atom stereocenters. The van der Waals surface area contributed by atoms with Crippen molar-refractivity contribution in [1.29, 1.82) is 0 Å². The first-order valence-corrected chi connectivity index (χ1v) is 9.10. The Labute approximate surface area is 157 Å². The minimum Gasteiger partial charge on any atom is -0.360 e. The van der Waals surface area contributed by atoms with E-state index in [0.29, 0.717) is 43.2 Å². The monoisotopic (exact) mass is 369 g/mol. The molecular formula is C18H23N7O2. The highest BCUT2D eigenvalue weighted by Crippen LogP contribution is 2.26. The smallest absolute Gasteiger partial charge is 0.259 e. The molecule has 0 bridgehead atoms. The second-order valence-electron chi connectivity index (χ2n) is 7.14. The number of carbonyl (C=O) groups is 1. The Balaban J connectivity index is 1.52. The van der Waals surface area contributed by atoms with Crippen LogP contribution in [-0.2, 0) is 7.05 Å². The number of aryl methyl sites for hydroxylation is 2. The number of aromatic nitrogens is 5. The van der Waals surface area contributed by atoms with Crippen LogP contribution in [0.15, 0.2) is 17.0 Å². The number of amides is 1. The number of hydrogen-bond acceptors (Lipinski definition) is 7. The van der Waals surface area contributed by atoms with E-state index in [1.807, 2.05) is 32.7 Å². The Morgan fingerprint density at radius 1 is 1.19 bits per heavy atom. The van der Waals surface area contributed by atoms with Crippen molar-refractivity contribution in [3.8, 4) is 0 Å². The molecule has 3 aromatic heterocycles. The maximum Gasteiger partial charge on any atom is 0.259 e. The Morgan fingerprint density at radius 2 is 1.93 bits per heavy atom. The molecule has 0 unspecified atom stereocenters. The minimum atomic E-state index is -0.00804. The van der Waals surface area contributed by atoms with Crippen molar-refractivity contribution in [3.63, 3.8) is 0 Å². The van der Waals surface area contributed by atoms with E-state index in [1.54, 1.807) is 17.2 Å². The first-order chi connectivity index (χ1) is 13.0. The third-order valence-electron chi connectivity index (χ3n) is 5.00. The molecule has 0 aromatic carbocycles. The quantitative estimate of drug-likeness (QED) is 0.694. The Morgan fingerprint density at radius 3 is 2.63 bits per heavy atom. The third kappa shape index (κ3) is 2.92. The summed E-state index contributed by atoms with van der Waals surface area (Å²) in [6.07, 6.45) is 3.35. The lowest BCUT2D eigenvalue weighted by Crippen LogP contribution is -2.49. The summed E-state index contributed by atoms with van der Waals surface area (Å²) in [5, 5.41) is 9.19. The molecule has 1 saturated heterocycles. The average Bonchev–Trinajstić information content (AvgIpc) is 3.24. The highest BCUT2D eigenvalue weighted by Gasteiger charge is 2.29. The zero-order chi connectivity index (χ0) is 19.1. The molecule has 0 N–H and O–H groups in total. The van der Waals surface area contributed by atoms with Crippen LogP contribution < -0.4 is 4.90 Å². The number of rotatable bonds is 3. The van der Waals surface area contributed by atoms with Gasteiger partial charge in [0.1, 0.15) is 17.7 Å². The van der Waals surface area contributed by atoms with Crippen LogP contribution in [0.25, 0.3) is 11.0 Å². The van der Waals surface area contributed by atoms with E-state index < -0.39 is 0 Å². The molecule has 0 spiro atoms. The highest BCUT2D eigenvalue weighted by molar-refractivity contribution is 5.96. The van der Waals surface area contributed by atoms with Crippen LogP contribution >= 0.6 is 0 Å². The molecule has 3 aromatic rings. The predicted octanol–water partition coefficient (Wildman–Crippen LogP) is 1.75. The third-order valence-corrected chi connectivity index (χ3v) is 5.00. The Hall–Kier alpha value is -2.97. The molecule has 142 valence electrons. The summed E-state index contributed by atoms with van der Waals surface area (Å²) >= 11 is 0. The molecule has 0 aliphatic carbocycles. The van der Waals surface area contributed by atoms with Gasteiger partial charge in [-0.2, -0.15) is 5.10 Å². The fourth-order valence-corrected chi connectivity index (χ4v) is 3.52. The number of piperazine rings is 1. The lowest BCUT2D eigenvalue weighted by Gasteiger charge is -2.35. The fraction of sp³-hybridized carbons (Fsp3) is 0.500. The van der Waals surface area contributed by atoms with Gasteiger partial charge in [0.05, 0.1) is 17.3 Å². The van der Waals surface area contributed by atoms with E-state index in [0.717, 1.165) is 16.9 Å². The van der Waals surface area contributed by atoms with Crippen LogP contribution in [0.1, 0.15) is 41.6 Å². The van der Waals surface area contributed by atoms with Crippen LogP contribution in [0.5, 0.6) is 0 Å². The lowest BCUT2D eigenvalue weighted by molar-refractivity contribution is 0.0743. The van der Waals surface area contributed by atoms with Gasteiger partial charge in [-0.05, 0) is 6.92 Å². The molecule has 1 aliphatic rings. The molecule has 9 heteroatoms. The van der Waals surface area contributed by atoms with E-state index in [-0.39, 0.29) is 11.8 Å². The molecular weight excluding hydrogens is 346 g/mol. The van der Waals surface area contributed by atoms with Crippen molar-refractivity contribution in [3.05, 3.63) is 29.5 Å². The van der Waals surface area contributed by atoms with Gasteiger partial charge in [-0.25, -0.2) is 9.97 Å². The molecule has 0 radical (unpaired) electrons. The maximum atomic E-state index is 13.0. The van der Waals surface area contributed by atoms with Crippen molar-refractivity contribution in [2.24, 2.45) is 7.05 Å². The SMILES string of the molecule is Cc1noc(C(C)C)c1C(=O)N1CCN(c2ncnc3c2cnn3C)CC1. The highest BCUT2D eigenvalue weighted by atomic mass is 16.5. The number of anilines is 1. The zero-order valence-electron chi connectivity index (χ0n) is 16.0. The van der Waals surface area contributed by atoms with Gasteiger partial charge < -0.3 is 14.3 Å². The van der Waals surface area contributed by atoms with Crippen molar-refractivity contribution in [2.75, 3.05) is 31.1 Å². The summed E-state index contributed by atoms with van der Waals surface area (Å²) in [5.74, 6) is 1.63. The summed E-state index contributed by atoms with van der Waals surface area (Å²) in [4.78, 5) is 25.8. The molecule has 1 fully saturated rings. The van der Waals surface area contributed by atoms with E-state index in [1.165, 1.54) is 0 Å². The van der Waals surface area contributed by atoms with Crippen LogP contribution in [0.4, 0.5) is 5.82 Å². The van der Waals surface area contributed by atoms with E-state index in [2.05, 4.69) is 25.1 Å². The number of hydrogen-bond donors (Lipinski definition) is 0. The van der Waals surface area contributed by atoms with Crippen molar-refractivity contribution < 1.29 is 9.32 Å². The van der Waals surface area contributed by atoms with Gasteiger partial charge in [-0.1, -0.05) is 19.0 Å². The first-order valence-electron chi connectivity index (χ1n) is 9.10. The summed E-state index contributed by atoms with van der Waals surface area (Å²) in [6.45, 7) is 8.46. The predicted molar refractivity (Wildman–Crippen MR) is 99.7 cm³/mol. The molecule has 4 rings (SSSR count). The van der Waals surface area contributed by atoms with Gasteiger partial charge >= 0.3 is 0 Å². The number of nitrogens with zero attached hydrogens (tertiary/aromatic N) is 7. The van der Waals surface area contributed by atoms with Gasteiger partial charge in [-0.15, -0.1) is 0 Å². The summed E-state index contributed by atoms with van der Waals surface area (Å²) in [6, 6.07) is 0. The van der Waals surface area contributed by atoms with Gasteiger partial charge in [0, 0.05) is 39.1 Å². The standard InChI is InChI=1S/C18H23N7O2/c1-11(2)15-14(12(3)22-27-15)18(26)25-7-5-24(6-8-25)17-13-9-21-23(4)16(13)19-10-20-17/h9-11H,5-8H2,1-4H3. The molecule has 1 aliphatic heterocycles. The van der Waals surface area contributed by atoms with E-state index in [4.69, 9.17) is 4.52 Å². The summed E-state index contributed by atoms with van der Waals surface area (Å²) in [7, 11) is 1.86. The average molecular weight is 369 g/mol. The van der Waals surface area contributed by atoms with Crippen LogP contribution in [0.2, 0.25) is 0 Å². The van der Waals surface area contributed by atoms with Crippen molar-refractivity contribution in [1.82, 2.24) is 29.8 Å². The number of fused-ring (bicyclic) bond motifs is 1. The van der Waals surface area contributed by atoms with Crippen LogP contribution in [-0.4, -0.2) is 61.9 Å². The first kappa shape index (κ1) is 17.4. The second-order valence-corrected chi connectivity index (χ2v) is 7.14. The summed E-state index contributed by atoms with van der Waals surface area (Å²) in [5.41, 5.74) is 2.06. The van der Waals surface area contributed by atoms with E-state index >= 15 is 0 Å². The van der Waals surface area contributed by atoms with Crippen molar-refractivity contribution >= 4 is 22.8 Å². The summed E-state index contributed by atoms with van der Waals surface area (Å²) < 4.78 is 7.11. The van der Waals surface area contributed by atoms with Crippen LogP contribution in [0.3, 0.4) is 0 Å². The molecule has 27 heavy (non-hydrogen) atoms. The fourth-order valence-electron chi connectivity index (χ4n) is 3.52. The van der Waals surface area contributed by atoms with Gasteiger partial charge in [-0.3, -0.25) is 9.48 Å². The van der Waals surface area contributed by atoms with Gasteiger partial charge in [0.15, 0.2) is 11.4 Å². The van der Waals surface area contributed by atoms with Crippen molar-refractivity contribution in [2.45, 2.75) is 26.7 Å². The maximum absolute atomic E-state index is 13.0. The Bertz CT molecular complexity index is 983. The largest absolute Gasteiger partial charge is 0.360 e. The number of carbonyl (C=O) groups excluding carboxylic acids is 1. The minimum absolute atomic E-state index is 0.00804. The topological polar surface area (TPSA) is 93.2 Å². The van der Waals surface area contributed by atoms with Crippen LogP contribution in [0, 0.1) is 6.92 Å².